The molecule has 7 heteroatoms. The van der Waals surface area contributed by atoms with Gasteiger partial charge in [0, 0.05) is 25.7 Å². The molecule has 0 aromatic carbocycles. The Morgan fingerprint density at radius 2 is 1.62 bits per heavy atom. The normalized spacial score (nSPS) is 48.4. The highest BCUT2D eigenvalue weighted by atomic mass is 19.1. The lowest BCUT2D eigenvalue weighted by Crippen LogP contribution is -3.18. The van der Waals surface area contributed by atoms with Gasteiger partial charge in [0.15, 0.2) is 0 Å². The van der Waals surface area contributed by atoms with Crippen LogP contribution in [-0.2, 0) is 0 Å². The van der Waals surface area contributed by atoms with Gasteiger partial charge in [-0.1, -0.05) is 0 Å². The van der Waals surface area contributed by atoms with E-state index in [1.54, 1.807) is 0 Å². The zero-order valence-corrected chi connectivity index (χ0v) is 8.73. The quantitative estimate of drug-likeness (QED) is 0.367. The highest BCUT2D eigenvalue weighted by Gasteiger charge is 2.55. The monoisotopic (exact) mass is 233 g/mol. The number of hydrogen-bond acceptors (Lipinski definition) is 4. The molecule has 4 rings (SSSR count). The zero-order valence-electron chi connectivity index (χ0n) is 8.73. The second-order valence-electron chi connectivity index (χ2n) is 5.12. The van der Waals surface area contributed by atoms with Crippen molar-refractivity contribution in [1.82, 2.24) is 0 Å². The molecule has 1 N–H and O–H groups in total. The van der Waals surface area contributed by atoms with Crippen molar-refractivity contribution < 1.29 is 14.5 Å². The Morgan fingerprint density at radius 1 is 1.19 bits per heavy atom. The summed E-state index contributed by atoms with van der Waals surface area (Å²) in [4.78, 5) is 8.25. The van der Waals surface area contributed by atoms with Gasteiger partial charge in [0.1, 0.15) is 5.67 Å². The topological polar surface area (TPSA) is 93.7 Å². The minimum Gasteiger partial charge on any atom is -0.634 e. The van der Waals surface area contributed by atoms with Crippen LogP contribution in [0.15, 0.2) is 0 Å². The zero-order chi connectivity index (χ0) is 11.9. The summed E-state index contributed by atoms with van der Waals surface area (Å²) in [6.45, 7) is 0. The van der Waals surface area contributed by atoms with Crippen LogP contribution >= 0.6 is 0 Å². The van der Waals surface area contributed by atoms with E-state index in [-0.39, 0.29) is 12.1 Å². The SMILES string of the molecule is O=[N+]([O-])[O-].[O-][NH+]1[C@@H]2CC3C[C@H]1CC(F)(C3)C2. The summed E-state index contributed by atoms with van der Waals surface area (Å²) in [7, 11) is 0. The Balaban J connectivity index is 0.000000212. The lowest BCUT2D eigenvalue weighted by atomic mass is 9.63. The first-order chi connectivity index (χ1) is 7.39. The average molecular weight is 233 g/mol. The lowest BCUT2D eigenvalue weighted by Gasteiger charge is -2.57. The summed E-state index contributed by atoms with van der Waals surface area (Å²) in [5.74, 6) is 0.533. The molecule has 5 atom stereocenters. The molecule has 2 saturated carbocycles. The Hall–Kier alpha value is -0.950. The number of hydroxylamine groups is 2. The maximum absolute atomic E-state index is 13.9. The molecule has 4 bridgehead atoms. The summed E-state index contributed by atoms with van der Waals surface area (Å²) >= 11 is 0. The van der Waals surface area contributed by atoms with Crippen LogP contribution in [0.25, 0.3) is 0 Å². The smallest absolute Gasteiger partial charge is 0.122 e. The van der Waals surface area contributed by atoms with Gasteiger partial charge >= 0.3 is 0 Å². The molecule has 2 aliphatic heterocycles. The number of nitrogens with one attached hydrogen (secondary N) is 1. The third-order valence-corrected chi connectivity index (χ3v) is 3.92. The molecule has 0 radical (unpaired) electrons. The van der Waals surface area contributed by atoms with Gasteiger partial charge in [-0.2, -0.15) is 0 Å². The molecule has 4 fully saturated rings. The van der Waals surface area contributed by atoms with Crippen LogP contribution in [0.4, 0.5) is 4.39 Å². The van der Waals surface area contributed by atoms with Crippen LogP contribution in [0.2, 0.25) is 0 Å². The average Bonchev–Trinajstić information content (AvgIpc) is 2.10. The first kappa shape index (κ1) is 11.5. The number of nitrogens with zero attached hydrogens (tertiary/aromatic N) is 1. The number of alkyl halides is 1. The molecular weight excluding hydrogens is 219 g/mol. The number of rotatable bonds is 0. The van der Waals surface area contributed by atoms with E-state index in [1.165, 1.54) is 0 Å². The van der Waals surface area contributed by atoms with Crippen molar-refractivity contribution in [1.29, 1.82) is 0 Å². The van der Waals surface area contributed by atoms with E-state index in [9.17, 15) is 9.60 Å². The summed E-state index contributed by atoms with van der Waals surface area (Å²) in [6, 6.07) is 0.197. The van der Waals surface area contributed by atoms with E-state index in [0.717, 1.165) is 19.3 Å². The van der Waals surface area contributed by atoms with Crippen LogP contribution in [-0.4, -0.2) is 22.8 Å². The summed E-state index contributed by atoms with van der Waals surface area (Å²) in [6.07, 6.45) is 3.80. The third kappa shape index (κ3) is 2.10. The largest absolute Gasteiger partial charge is 0.634 e. The lowest BCUT2D eigenvalue weighted by molar-refractivity contribution is -0.921. The second-order valence-corrected chi connectivity index (χ2v) is 5.12. The highest BCUT2D eigenvalue weighted by molar-refractivity contribution is 5.01. The fraction of sp³-hybridized carbons (Fsp3) is 1.00. The van der Waals surface area contributed by atoms with Gasteiger partial charge in [-0.05, 0) is 12.3 Å². The van der Waals surface area contributed by atoms with Crippen LogP contribution in [0.1, 0.15) is 32.1 Å². The van der Waals surface area contributed by atoms with Crippen LogP contribution in [0, 0.1) is 26.4 Å². The van der Waals surface area contributed by atoms with Gasteiger partial charge in [0.25, 0.3) is 0 Å². The number of halogens is 1. The second kappa shape index (κ2) is 3.81. The summed E-state index contributed by atoms with van der Waals surface area (Å²) in [5, 5.41) is 26.7. The molecule has 2 aliphatic carbocycles. The van der Waals surface area contributed by atoms with Gasteiger partial charge in [-0.25, -0.2) is 4.39 Å². The third-order valence-electron chi connectivity index (χ3n) is 3.92. The van der Waals surface area contributed by atoms with E-state index >= 15 is 0 Å². The van der Waals surface area contributed by atoms with Crippen molar-refractivity contribution >= 4 is 0 Å². The number of hydrogen-bond donors (Lipinski definition) is 1. The van der Waals surface area contributed by atoms with Crippen LogP contribution < -0.4 is 5.06 Å². The van der Waals surface area contributed by atoms with E-state index in [4.69, 9.17) is 15.3 Å². The molecule has 2 heterocycles. The maximum Gasteiger partial charge on any atom is 0.122 e. The standard InChI is InChI=1S/C9H14FNO.NO3/c10-9-3-6-1-7(4-9)11(12)8(2-6)5-9;2-1(3)4/h6-8,11H,1-5H2;/q;-1/t6?,7-,8+,9?;. The fourth-order valence-corrected chi connectivity index (χ4v) is 3.65. The Kier molecular flexibility index (Phi) is 2.75. The molecule has 92 valence electrons. The van der Waals surface area contributed by atoms with Gasteiger partial charge in [0.05, 0.1) is 17.2 Å². The number of quaternary nitrogens is 1. The van der Waals surface area contributed by atoms with Crippen molar-refractivity contribution in [3.8, 4) is 0 Å². The maximum atomic E-state index is 13.9. The fourth-order valence-electron chi connectivity index (χ4n) is 3.65. The molecule has 0 spiro atoms. The molecule has 0 amide bonds. The Labute approximate surface area is 91.7 Å². The van der Waals surface area contributed by atoms with Crippen LogP contribution in [0.3, 0.4) is 0 Å². The van der Waals surface area contributed by atoms with Crippen molar-refractivity contribution in [2.24, 2.45) is 5.92 Å². The highest BCUT2D eigenvalue weighted by Crippen LogP contribution is 2.47. The molecular formula is C9H14FN2O4-. The molecule has 0 aromatic rings. The number of piperidine rings is 2. The first-order valence-corrected chi connectivity index (χ1v) is 5.44. The van der Waals surface area contributed by atoms with E-state index in [2.05, 4.69) is 0 Å². The molecule has 16 heavy (non-hydrogen) atoms. The molecule has 3 unspecified atom stereocenters. The minimum atomic E-state index is -1.75. The predicted octanol–water partition coefficient (Wildman–Crippen LogP) is 0.183. The molecule has 6 nitrogen and oxygen atoms in total. The van der Waals surface area contributed by atoms with E-state index in [0.29, 0.717) is 23.8 Å². The molecule has 2 saturated heterocycles. The van der Waals surface area contributed by atoms with Gasteiger partial charge in [-0.15, -0.1) is 0 Å². The van der Waals surface area contributed by atoms with E-state index in [1.807, 2.05) is 0 Å². The van der Waals surface area contributed by atoms with Gasteiger partial charge in [0.2, 0.25) is 0 Å². The van der Waals surface area contributed by atoms with Crippen molar-refractivity contribution in [3.63, 3.8) is 0 Å². The van der Waals surface area contributed by atoms with Crippen molar-refractivity contribution in [2.75, 3.05) is 0 Å². The van der Waals surface area contributed by atoms with Gasteiger partial charge in [-0.3, -0.25) is 0 Å². The molecule has 0 aromatic heterocycles. The predicted molar refractivity (Wildman–Crippen MR) is 52.7 cm³/mol. The minimum absolute atomic E-state index is 0.0984. The summed E-state index contributed by atoms with van der Waals surface area (Å²) in [5.41, 5.74) is -0.940. The van der Waals surface area contributed by atoms with Crippen molar-refractivity contribution in [2.45, 2.75) is 49.9 Å². The van der Waals surface area contributed by atoms with Crippen molar-refractivity contribution in [3.05, 3.63) is 20.5 Å². The van der Waals surface area contributed by atoms with Crippen LogP contribution in [0.5, 0.6) is 0 Å². The Morgan fingerprint density at radius 3 is 2.00 bits per heavy atom. The molecule has 4 aliphatic rings. The Bertz CT molecular complexity index is 281. The summed E-state index contributed by atoms with van der Waals surface area (Å²) < 4.78 is 13.9. The van der Waals surface area contributed by atoms with Gasteiger partial charge < -0.3 is 25.6 Å². The first-order valence-electron chi connectivity index (χ1n) is 5.44. The van der Waals surface area contributed by atoms with E-state index < -0.39 is 10.8 Å².